The number of piperidine rings is 1. The number of hydrogen-bond donors (Lipinski definition) is 1. The van der Waals surface area contributed by atoms with Crippen LogP contribution in [-0.4, -0.2) is 62.7 Å². The fourth-order valence-corrected chi connectivity index (χ4v) is 3.77. The maximum Gasteiger partial charge on any atom is 0.0327 e. The van der Waals surface area contributed by atoms with Gasteiger partial charge in [0.15, 0.2) is 0 Å². The van der Waals surface area contributed by atoms with Crippen LogP contribution in [0.4, 0.5) is 0 Å². The van der Waals surface area contributed by atoms with Crippen LogP contribution < -0.4 is 5.32 Å². The molecule has 3 nitrogen and oxygen atoms in total. The van der Waals surface area contributed by atoms with Crippen molar-refractivity contribution in [2.24, 2.45) is 5.92 Å². The van der Waals surface area contributed by atoms with Gasteiger partial charge in [-0.3, -0.25) is 0 Å². The molecule has 2 fully saturated rings. The minimum absolute atomic E-state index is 0.434. The molecule has 1 saturated heterocycles. The maximum absolute atomic E-state index is 3.80. The van der Waals surface area contributed by atoms with Crippen LogP contribution in [0.1, 0.15) is 44.9 Å². The van der Waals surface area contributed by atoms with Crippen LogP contribution in [0.2, 0.25) is 0 Å². The van der Waals surface area contributed by atoms with E-state index in [4.69, 9.17) is 0 Å². The number of nitrogens with zero attached hydrogens (tertiary/aromatic N) is 2. The van der Waals surface area contributed by atoms with Gasteiger partial charge >= 0.3 is 0 Å². The van der Waals surface area contributed by atoms with Crippen LogP contribution in [0.5, 0.6) is 0 Å². The maximum atomic E-state index is 3.80. The lowest BCUT2D eigenvalue weighted by Gasteiger charge is -2.43. The lowest BCUT2D eigenvalue weighted by molar-refractivity contribution is 0.0957. The normalized spacial score (nSPS) is 25.9. The Hall–Kier alpha value is -0.120. The third-order valence-corrected chi connectivity index (χ3v) is 5.46. The van der Waals surface area contributed by atoms with Crippen molar-refractivity contribution in [3.05, 3.63) is 0 Å². The summed E-state index contributed by atoms with van der Waals surface area (Å²) in [5, 5.41) is 3.80. The summed E-state index contributed by atoms with van der Waals surface area (Å²) in [4.78, 5) is 4.94. The molecule has 0 amide bonds. The molecule has 112 valence electrons. The molecule has 0 aromatic heterocycles. The van der Waals surface area contributed by atoms with E-state index < -0.39 is 0 Å². The van der Waals surface area contributed by atoms with Gasteiger partial charge in [-0.2, -0.15) is 0 Å². The van der Waals surface area contributed by atoms with Gasteiger partial charge in [-0.1, -0.05) is 19.3 Å². The second kappa shape index (κ2) is 7.05. The first kappa shape index (κ1) is 15.3. The molecule has 1 aliphatic heterocycles. The fraction of sp³-hybridized carbons (Fsp3) is 1.00. The van der Waals surface area contributed by atoms with Gasteiger partial charge in [0.2, 0.25) is 0 Å². The van der Waals surface area contributed by atoms with Gasteiger partial charge < -0.3 is 15.1 Å². The van der Waals surface area contributed by atoms with Crippen LogP contribution in [0.15, 0.2) is 0 Å². The first-order valence-electron chi connectivity index (χ1n) is 8.19. The van der Waals surface area contributed by atoms with Crippen LogP contribution in [0, 0.1) is 5.92 Å². The van der Waals surface area contributed by atoms with Crippen molar-refractivity contribution in [2.75, 3.05) is 47.3 Å². The average Bonchev–Trinajstić information content (AvgIpc) is 2.42. The first-order chi connectivity index (χ1) is 9.12. The van der Waals surface area contributed by atoms with Crippen molar-refractivity contribution in [1.29, 1.82) is 0 Å². The summed E-state index contributed by atoms with van der Waals surface area (Å²) in [6, 6.07) is 0. The molecule has 3 heteroatoms. The summed E-state index contributed by atoms with van der Waals surface area (Å²) in [6.45, 7) is 4.98. The minimum Gasteiger partial charge on any atom is -0.315 e. The molecule has 19 heavy (non-hydrogen) atoms. The molecule has 1 saturated carbocycles. The molecule has 0 aromatic carbocycles. The lowest BCUT2D eigenvalue weighted by Crippen LogP contribution is -2.53. The molecule has 2 rings (SSSR count). The molecule has 0 unspecified atom stereocenters. The topological polar surface area (TPSA) is 18.5 Å². The summed E-state index contributed by atoms with van der Waals surface area (Å²) >= 11 is 0. The van der Waals surface area contributed by atoms with Crippen LogP contribution >= 0.6 is 0 Å². The summed E-state index contributed by atoms with van der Waals surface area (Å²) in [5.74, 6) is 0.902. The summed E-state index contributed by atoms with van der Waals surface area (Å²) < 4.78 is 0. The summed E-state index contributed by atoms with van der Waals surface area (Å²) in [7, 11) is 6.78. The smallest absolute Gasteiger partial charge is 0.0327 e. The molecular weight excluding hydrogens is 234 g/mol. The number of nitrogens with one attached hydrogen (secondary N) is 1. The van der Waals surface area contributed by atoms with E-state index in [1.807, 2.05) is 0 Å². The highest BCUT2D eigenvalue weighted by atomic mass is 15.2. The SMILES string of the molecule is CN1CCC(CNCC2(N(C)C)CCCCC2)CC1. The molecule has 1 N–H and O–H groups in total. The zero-order valence-electron chi connectivity index (χ0n) is 13.2. The summed E-state index contributed by atoms with van der Waals surface area (Å²) in [6.07, 6.45) is 9.75. The Labute approximate surface area is 119 Å². The Kier molecular flexibility index (Phi) is 5.67. The van der Waals surface area contributed by atoms with Gasteiger partial charge in [0, 0.05) is 12.1 Å². The Bertz CT molecular complexity index is 251. The molecule has 1 aliphatic carbocycles. The van der Waals surface area contributed by atoms with Gasteiger partial charge in [0.1, 0.15) is 0 Å². The van der Waals surface area contributed by atoms with Crippen molar-refractivity contribution < 1.29 is 0 Å². The second-order valence-corrected chi connectivity index (χ2v) is 7.06. The number of likely N-dealkylation sites (tertiary alicyclic amines) is 1. The van der Waals surface area contributed by atoms with E-state index in [0.29, 0.717) is 5.54 Å². The number of hydrogen-bond acceptors (Lipinski definition) is 3. The quantitative estimate of drug-likeness (QED) is 0.824. The predicted molar refractivity (Wildman–Crippen MR) is 82.6 cm³/mol. The van der Waals surface area contributed by atoms with E-state index in [1.165, 1.54) is 71.1 Å². The molecular formula is C16H33N3. The third kappa shape index (κ3) is 4.17. The highest BCUT2D eigenvalue weighted by Crippen LogP contribution is 2.31. The van der Waals surface area contributed by atoms with Crippen LogP contribution in [0.3, 0.4) is 0 Å². The van der Waals surface area contributed by atoms with Crippen molar-refractivity contribution in [2.45, 2.75) is 50.5 Å². The lowest BCUT2D eigenvalue weighted by atomic mass is 9.80. The first-order valence-corrected chi connectivity index (χ1v) is 8.19. The van der Waals surface area contributed by atoms with E-state index in [9.17, 15) is 0 Å². The number of rotatable bonds is 5. The molecule has 2 aliphatic rings. The molecule has 0 aromatic rings. The predicted octanol–water partition coefficient (Wildman–Crippen LogP) is 2.18. The molecule has 0 spiro atoms. The highest BCUT2D eigenvalue weighted by molar-refractivity contribution is 4.92. The zero-order valence-corrected chi connectivity index (χ0v) is 13.2. The largest absolute Gasteiger partial charge is 0.315 e. The zero-order chi connectivity index (χ0) is 13.7. The standard InChI is InChI=1S/C16H33N3/c1-18(2)16(9-5-4-6-10-16)14-17-13-15-7-11-19(3)12-8-15/h15,17H,4-14H2,1-3H3. The summed E-state index contributed by atoms with van der Waals surface area (Å²) in [5.41, 5.74) is 0.434. The fourth-order valence-electron chi connectivity index (χ4n) is 3.77. The van der Waals surface area contributed by atoms with Gasteiger partial charge in [0.25, 0.3) is 0 Å². The van der Waals surface area contributed by atoms with E-state index in [1.54, 1.807) is 0 Å². The third-order valence-electron chi connectivity index (χ3n) is 5.46. The monoisotopic (exact) mass is 267 g/mol. The Morgan fingerprint density at radius 3 is 2.32 bits per heavy atom. The van der Waals surface area contributed by atoms with Gasteiger partial charge in [0.05, 0.1) is 0 Å². The van der Waals surface area contributed by atoms with Gasteiger partial charge in [-0.05, 0) is 72.4 Å². The second-order valence-electron chi connectivity index (χ2n) is 7.06. The molecule has 0 atom stereocenters. The minimum atomic E-state index is 0.434. The van der Waals surface area contributed by atoms with Crippen molar-refractivity contribution in [3.63, 3.8) is 0 Å². The van der Waals surface area contributed by atoms with E-state index in [0.717, 1.165) is 5.92 Å². The molecule has 0 radical (unpaired) electrons. The Balaban J connectivity index is 1.73. The van der Waals surface area contributed by atoms with Crippen LogP contribution in [-0.2, 0) is 0 Å². The number of likely N-dealkylation sites (N-methyl/N-ethyl adjacent to an activating group) is 1. The van der Waals surface area contributed by atoms with E-state index >= 15 is 0 Å². The Morgan fingerprint density at radius 2 is 1.74 bits per heavy atom. The highest BCUT2D eigenvalue weighted by Gasteiger charge is 2.33. The average molecular weight is 267 g/mol. The van der Waals surface area contributed by atoms with Crippen LogP contribution in [0.25, 0.3) is 0 Å². The van der Waals surface area contributed by atoms with E-state index in [-0.39, 0.29) is 0 Å². The Morgan fingerprint density at radius 1 is 1.11 bits per heavy atom. The van der Waals surface area contributed by atoms with Gasteiger partial charge in [-0.25, -0.2) is 0 Å². The van der Waals surface area contributed by atoms with Crippen molar-refractivity contribution >= 4 is 0 Å². The van der Waals surface area contributed by atoms with Gasteiger partial charge in [-0.15, -0.1) is 0 Å². The van der Waals surface area contributed by atoms with Crippen molar-refractivity contribution in [1.82, 2.24) is 15.1 Å². The van der Waals surface area contributed by atoms with E-state index in [2.05, 4.69) is 36.3 Å². The molecule has 1 heterocycles. The van der Waals surface area contributed by atoms with Crippen molar-refractivity contribution in [3.8, 4) is 0 Å². The molecule has 0 bridgehead atoms.